The summed E-state index contributed by atoms with van der Waals surface area (Å²) in [4.78, 5) is 10.8. The third-order valence-corrected chi connectivity index (χ3v) is 1.76. The van der Waals surface area contributed by atoms with Gasteiger partial charge in [-0.3, -0.25) is 9.48 Å². The van der Waals surface area contributed by atoms with Gasteiger partial charge < -0.3 is 0 Å². The van der Waals surface area contributed by atoms with Gasteiger partial charge >= 0.3 is 0 Å². The van der Waals surface area contributed by atoms with E-state index in [0.717, 1.165) is 5.69 Å². The first-order chi connectivity index (χ1) is 5.89. The van der Waals surface area contributed by atoms with Gasteiger partial charge in [0.1, 0.15) is 5.78 Å². The molecule has 0 bridgehead atoms. The maximum atomic E-state index is 10.8. The molecule has 3 nitrogen and oxygen atoms in total. The number of carbonyl (C=O) groups excluding carboxylic acids is 1. The quantitative estimate of drug-likeness (QED) is 0.695. The van der Waals surface area contributed by atoms with Crippen molar-refractivity contribution in [1.29, 1.82) is 0 Å². The summed E-state index contributed by atoms with van der Waals surface area (Å²) in [7, 11) is 0. The van der Waals surface area contributed by atoms with Crippen molar-refractivity contribution in [3.05, 3.63) is 18.0 Å². The fourth-order valence-electron chi connectivity index (χ4n) is 1.08. The number of hydrogen-bond donors (Lipinski definition) is 0. The number of rotatable bonds is 2. The Kier molecular flexibility index (Phi) is 2.55. The maximum Gasteiger partial charge on any atom is 0.135 e. The molecule has 0 aliphatic rings. The van der Waals surface area contributed by atoms with E-state index in [0.29, 0.717) is 6.42 Å². The molecule has 0 saturated heterocycles. The van der Waals surface area contributed by atoms with E-state index in [2.05, 4.69) is 25.9 Å². The number of Topliss-reactive ketones (excluding diaryl/α,β-unsaturated/α-hetero) is 1. The Bertz CT molecular complexity index is 307. The van der Waals surface area contributed by atoms with Gasteiger partial charge in [0.15, 0.2) is 0 Å². The first kappa shape index (κ1) is 9.96. The van der Waals surface area contributed by atoms with Gasteiger partial charge in [0.2, 0.25) is 0 Å². The number of hydrogen-bond acceptors (Lipinski definition) is 2. The summed E-state index contributed by atoms with van der Waals surface area (Å²) >= 11 is 0. The van der Waals surface area contributed by atoms with E-state index in [9.17, 15) is 4.79 Å². The first-order valence-electron chi connectivity index (χ1n) is 4.44. The molecule has 0 aliphatic carbocycles. The molecule has 1 aromatic rings. The van der Waals surface area contributed by atoms with Crippen molar-refractivity contribution in [2.45, 2.75) is 39.7 Å². The highest BCUT2D eigenvalue weighted by Crippen LogP contribution is 2.12. The Hall–Kier alpha value is -1.12. The second-order valence-electron chi connectivity index (χ2n) is 4.30. The van der Waals surface area contributed by atoms with Gasteiger partial charge in [0.25, 0.3) is 0 Å². The zero-order valence-electron chi connectivity index (χ0n) is 8.66. The van der Waals surface area contributed by atoms with Crippen LogP contribution in [0, 0.1) is 0 Å². The Morgan fingerprint density at radius 1 is 1.54 bits per heavy atom. The molecule has 0 saturated carbocycles. The van der Waals surface area contributed by atoms with Crippen LogP contribution in [0.3, 0.4) is 0 Å². The minimum atomic E-state index is -0.00492. The highest BCUT2D eigenvalue weighted by molar-refractivity contribution is 5.77. The minimum absolute atomic E-state index is 0.00492. The Morgan fingerprint density at radius 2 is 2.15 bits per heavy atom. The number of aromatic nitrogens is 2. The van der Waals surface area contributed by atoms with Crippen LogP contribution in [-0.4, -0.2) is 15.6 Å². The van der Waals surface area contributed by atoms with Crippen LogP contribution >= 0.6 is 0 Å². The molecule has 3 heteroatoms. The molecule has 72 valence electrons. The van der Waals surface area contributed by atoms with Crippen molar-refractivity contribution in [2.75, 3.05) is 0 Å². The normalized spacial score (nSPS) is 11.7. The van der Waals surface area contributed by atoms with E-state index in [1.165, 1.54) is 0 Å². The first-order valence-corrected chi connectivity index (χ1v) is 4.44. The van der Waals surface area contributed by atoms with Crippen molar-refractivity contribution < 1.29 is 4.79 Å². The second-order valence-corrected chi connectivity index (χ2v) is 4.30. The van der Waals surface area contributed by atoms with Crippen molar-refractivity contribution >= 4 is 5.78 Å². The highest BCUT2D eigenvalue weighted by Gasteiger charge is 2.14. The maximum absolute atomic E-state index is 10.8. The molecule has 0 atom stereocenters. The predicted octanol–water partition coefficient (Wildman–Crippen LogP) is 1.77. The summed E-state index contributed by atoms with van der Waals surface area (Å²) < 4.78 is 1.88. The monoisotopic (exact) mass is 180 g/mol. The lowest BCUT2D eigenvalue weighted by Gasteiger charge is -2.18. The molecule has 1 heterocycles. The largest absolute Gasteiger partial charge is 0.300 e. The molecular weight excluding hydrogens is 164 g/mol. The SMILES string of the molecule is CC(=O)Cc1ccn(C(C)(C)C)n1. The molecule has 0 fully saturated rings. The average Bonchev–Trinajstić information content (AvgIpc) is 2.32. The average molecular weight is 180 g/mol. The summed E-state index contributed by atoms with van der Waals surface area (Å²) in [5, 5.41) is 4.32. The van der Waals surface area contributed by atoms with E-state index in [1.807, 2.05) is 16.9 Å². The minimum Gasteiger partial charge on any atom is -0.300 e. The van der Waals surface area contributed by atoms with Crippen molar-refractivity contribution in [1.82, 2.24) is 9.78 Å². The fourth-order valence-corrected chi connectivity index (χ4v) is 1.08. The third-order valence-electron chi connectivity index (χ3n) is 1.76. The Morgan fingerprint density at radius 3 is 2.54 bits per heavy atom. The van der Waals surface area contributed by atoms with Gasteiger partial charge in [0.05, 0.1) is 17.7 Å². The van der Waals surface area contributed by atoms with Crippen molar-refractivity contribution in [2.24, 2.45) is 0 Å². The van der Waals surface area contributed by atoms with Gasteiger partial charge in [0, 0.05) is 6.20 Å². The molecule has 0 unspecified atom stereocenters. The van der Waals surface area contributed by atoms with Crippen LogP contribution in [0.15, 0.2) is 12.3 Å². The summed E-state index contributed by atoms with van der Waals surface area (Å²) in [6.07, 6.45) is 2.35. The van der Waals surface area contributed by atoms with Crippen molar-refractivity contribution in [3.63, 3.8) is 0 Å². The smallest absolute Gasteiger partial charge is 0.135 e. The topological polar surface area (TPSA) is 34.9 Å². The zero-order chi connectivity index (χ0) is 10.1. The van der Waals surface area contributed by atoms with Crippen LogP contribution in [0.1, 0.15) is 33.4 Å². The van der Waals surface area contributed by atoms with Gasteiger partial charge in [-0.1, -0.05) is 0 Å². The van der Waals surface area contributed by atoms with Crippen LogP contribution < -0.4 is 0 Å². The van der Waals surface area contributed by atoms with Crippen LogP contribution in [0.2, 0.25) is 0 Å². The molecule has 0 aromatic carbocycles. The number of nitrogens with zero attached hydrogens (tertiary/aromatic N) is 2. The second kappa shape index (κ2) is 3.32. The Balaban J connectivity index is 2.81. The summed E-state index contributed by atoms with van der Waals surface area (Å²) in [6.45, 7) is 7.82. The lowest BCUT2D eigenvalue weighted by atomic mass is 10.1. The van der Waals surface area contributed by atoms with Crippen LogP contribution in [-0.2, 0) is 16.8 Å². The standard InChI is InChI=1S/C10H16N2O/c1-8(13)7-9-5-6-12(11-9)10(2,3)4/h5-6H,7H2,1-4H3. The molecule has 0 amide bonds. The highest BCUT2D eigenvalue weighted by atomic mass is 16.1. The molecule has 0 radical (unpaired) electrons. The van der Waals surface area contributed by atoms with E-state index in [1.54, 1.807) is 6.92 Å². The van der Waals surface area contributed by atoms with Crippen LogP contribution in [0.4, 0.5) is 0 Å². The van der Waals surface area contributed by atoms with Gasteiger partial charge in [-0.15, -0.1) is 0 Å². The van der Waals surface area contributed by atoms with Gasteiger partial charge in [-0.25, -0.2) is 0 Å². The molecular formula is C10H16N2O. The lowest BCUT2D eigenvalue weighted by Crippen LogP contribution is -2.22. The van der Waals surface area contributed by atoms with Crippen molar-refractivity contribution in [3.8, 4) is 0 Å². The van der Waals surface area contributed by atoms with Gasteiger partial charge in [-0.2, -0.15) is 5.10 Å². The van der Waals surface area contributed by atoms with Gasteiger partial charge in [-0.05, 0) is 33.8 Å². The summed E-state index contributed by atoms with van der Waals surface area (Å²) in [6, 6.07) is 1.90. The molecule has 0 aliphatic heterocycles. The summed E-state index contributed by atoms with van der Waals surface area (Å²) in [5.74, 6) is 0.152. The molecule has 1 rings (SSSR count). The predicted molar refractivity (Wildman–Crippen MR) is 51.6 cm³/mol. The fraction of sp³-hybridized carbons (Fsp3) is 0.600. The molecule has 0 spiro atoms. The van der Waals surface area contributed by atoms with Crippen LogP contribution in [0.25, 0.3) is 0 Å². The molecule has 0 N–H and O–H groups in total. The molecule has 1 aromatic heterocycles. The van der Waals surface area contributed by atoms with E-state index in [-0.39, 0.29) is 11.3 Å². The Labute approximate surface area is 78.8 Å². The van der Waals surface area contributed by atoms with E-state index in [4.69, 9.17) is 0 Å². The summed E-state index contributed by atoms with van der Waals surface area (Å²) in [5.41, 5.74) is 0.845. The number of carbonyl (C=O) groups is 1. The van der Waals surface area contributed by atoms with E-state index < -0.39 is 0 Å². The van der Waals surface area contributed by atoms with Crippen LogP contribution in [0.5, 0.6) is 0 Å². The zero-order valence-corrected chi connectivity index (χ0v) is 8.66. The van der Waals surface area contributed by atoms with E-state index >= 15 is 0 Å². The lowest BCUT2D eigenvalue weighted by molar-refractivity contribution is -0.116. The third kappa shape index (κ3) is 2.68. The molecule has 13 heavy (non-hydrogen) atoms. The number of ketones is 1.